The standard InChI is InChI=1S/C24H22ClF2N5O/c1-31(12-17-2-9-23(29-11-17)18-3-5-19(25)6-4-18)13-24(33,14-32-16-28-15-30-32)21-8-7-20(26)10-22(21)27/h2-11,15-16,33H,12-14H2,1H3. The quantitative estimate of drug-likeness (QED) is 0.417. The fourth-order valence-electron chi connectivity index (χ4n) is 3.79. The molecule has 1 atom stereocenters. The van der Waals surface area contributed by atoms with Crippen LogP contribution >= 0.6 is 11.6 Å². The van der Waals surface area contributed by atoms with Crippen LogP contribution in [0.3, 0.4) is 0 Å². The fraction of sp³-hybridized carbons (Fsp3) is 0.208. The van der Waals surface area contributed by atoms with E-state index < -0.39 is 17.2 Å². The molecule has 4 rings (SSSR count). The Balaban J connectivity index is 1.52. The number of benzene rings is 2. The van der Waals surface area contributed by atoms with Crippen molar-refractivity contribution in [2.75, 3.05) is 13.6 Å². The lowest BCUT2D eigenvalue weighted by atomic mass is 9.92. The van der Waals surface area contributed by atoms with Gasteiger partial charge in [0.05, 0.1) is 12.2 Å². The summed E-state index contributed by atoms with van der Waals surface area (Å²) in [5.41, 5.74) is 1.000. The monoisotopic (exact) mass is 469 g/mol. The first-order valence-electron chi connectivity index (χ1n) is 10.2. The molecule has 0 amide bonds. The minimum absolute atomic E-state index is 0.0116. The lowest BCUT2D eigenvalue weighted by Crippen LogP contribution is -2.43. The highest BCUT2D eigenvalue weighted by molar-refractivity contribution is 6.30. The predicted molar refractivity (Wildman–Crippen MR) is 121 cm³/mol. The van der Waals surface area contributed by atoms with E-state index in [-0.39, 0.29) is 18.7 Å². The molecule has 1 unspecified atom stereocenters. The molecule has 0 radical (unpaired) electrons. The van der Waals surface area contributed by atoms with Crippen molar-refractivity contribution in [1.82, 2.24) is 24.6 Å². The molecule has 0 fully saturated rings. The number of aromatic nitrogens is 4. The van der Waals surface area contributed by atoms with E-state index in [1.807, 2.05) is 41.3 Å². The van der Waals surface area contributed by atoms with Gasteiger partial charge in [-0.15, -0.1) is 0 Å². The number of likely N-dealkylation sites (N-methyl/N-ethyl adjacent to an activating group) is 1. The van der Waals surface area contributed by atoms with Gasteiger partial charge in [-0.2, -0.15) is 5.10 Å². The van der Waals surface area contributed by atoms with Gasteiger partial charge in [0.1, 0.15) is 29.9 Å². The predicted octanol–water partition coefficient (Wildman–Crippen LogP) is 4.29. The molecular weight excluding hydrogens is 448 g/mol. The van der Waals surface area contributed by atoms with E-state index in [4.69, 9.17) is 11.6 Å². The van der Waals surface area contributed by atoms with Crippen LogP contribution < -0.4 is 0 Å². The molecule has 0 bridgehead atoms. The minimum Gasteiger partial charge on any atom is -0.382 e. The van der Waals surface area contributed by atoms with Gasteiger partial charge in [-0.05, 0) is 36.9 Å². The Morgan fingerprint density at radius 1 is 1.09 bits per heavy atom. The number of nitrogens with zero attached hydrogens (tertiary/aromatic N) is 5. The molecule has 1 N–H and O–H groups in total. The number of hydrogen-bond donors (Lipinski definition) is 1. The topological polar surface area (TPSA) is 67.1 Å². The molecule has 0 aliphatic carbocycles. The largest absolute Gasteiger partial charge is 0.382 e. The summed E-state index contributed by atoms with van der Waals surface area (Å²) >= 11 is 5.94. The van der Waals surface area contributed by atoms with E-state index in [0.717, 1.165) is 29.0 Å². The maximum atomic E-state index is 14.6. The van der Waals surface area contributed by atoms with Gasteiger partial charge in [-0.1, -0.05) is 35.9 Å². The summed E-state index contributed by atoms with van der Waals surface area (Å²) in [7, 11) is 1.81. The lowest BCUT2D eigenvalue weighted by Gasteiger charge is -2.33. The van der Waals surface area contributed by atoms with Crippen LogP contribution in [0.15, 0.2) is 73.4 Å². The number of aliphatic hydroxyl groups is 1. The minimum atomic E-state index is -1.67. The second kappa shape index (κ2) is 9.74. The van der Waals surface area contributed by atoms with Crippen LogP contribution in [0, 0.1) is 11.6 Å². The van der Waals surface area contributed by atoms with Gasteiger partial charge < -0.3 is 5.11 Å². The Labute approximate surface area is 195 Å². The molecule has 170 valence electrons. The van der Waals surface area contributed by atoms with Crippen molar-refractivity contribution in [3.8, 4) is 11.3 Å². The smallest absolute Gasteiger partial charge is 0.137 e. The molecule has 2 aromatic heterocycles. The van der Waals surface area contributed by atoms with Crippen LogP contribution in [0.2, 0.25) is 5.02 Å². The summed E-state index contributed by atoms with van der Waals surface area (Å²) in [5.74, 6) is -1.53. The first-order chi connectivity index (χ1) is 15.8. The summed E-state index contributed by atoms with van der Waals surface area (Å²) in [5, 5.41) is 16.2. The highest BCUT2D eigenvalue weighted by Crippen LogP contribution is 2.28. The molecule has 0 saturated heterocycles. The van der Waals surface area contributed by atoms with E-state index in [1.165, 1.54) is 23.4 Å². The second-order valence-corrected chi connectivity index (χ2v) is 8.42. The number of hydrogen-bond acceptors (Lipinski definition) is 5. The molecule has 4 aromatic rings. The molecule has 2 aromatic carbocycles. The summed E-state index contributed by atoms with van der Waals surface area (Å²) in [6, 6.07) is 14.4. The Morgan fingerprint density at radius 2 is 1.88 bits per heavy atom. The van der Waals surface area contributed by atoms with Gasteiger partial charge in [0.15, 0.2) is 0 Å². The zero-order chi connectivity index (χ0) is 23.4. The first-order valence-corrected chi connectivity index (χ1v) is 10.6. The van der Waals surface area contributed by atoms with E-state index in [0.29, 0.717) is 11.6 Å². The van der Waals surface area contributed by atoms with E-state index >= 15 is 0 Å². The second-order valence-electron chi connectivity index (χ2n) is 7.98. The zero-order valence-electron chi connectivity index (χ0n) is 17.9. The van der Waals surface area contributed by atoms with Gasteiger partial charge in [-0.25, -0.2) is 18.4 Å². The van der Waals surface area contributed by atoms with Crippen molar-refractivity contribution in [2.45, 2.75) is 18.7 Å². The van der Waals surface area contributed by atoms with Crippen LogP contribution in [-0.2, 0) is 18.7 Å². The van der Waals surface area contributed by atoms with Crippen molar-refractivity contribution in [3.05, 3.63) is 101 Å². The lowest BCUT2D eigenvalue weighted by molar-refractivity contribution is -0.0175. The van der Waals surface area contributed by atoms with Gasteiger partial charge in [0.2, 0.25) is 0 Å². The molecule has 0 spiro atoms. The van der Waals surface area contributed by atoms with Crippen molar-refractivity contribution < 1.29 is 13.9 Å². The third-order valence-corrected chi connectivity index (χ3v) is 5.52. The average Bonchev–Trinajstić information content (AvgIpc) is 3.27. The van der Waals surface area contributed by atoms with E-state index in [1.54, 1.807) is 13.2 Å². The molecule has 9 heteroatoms. The first kappa shape index (κ1) is 23.0. The molecule has 0 aliphatic rings. The van der Waals surface area contributed by atoms with Crippen molar-refractivity contribution in [3.63, 3.8) is 0 Å². The van der Waals surface area contributed by atoms with Crippen LogP contribution in [0.5, 0.6) is 0 Å². The molecule has 0 aliphatic heterocycles. The highest BCUT2D eigenvalue weighted by atomic mass is 35.5. The molecule has 0 saturated carbocycles. The normalized spacial score (nSPS) is 13.3. The third kappa shape index (κ3) is 5.60. The van der Waals surface area contributed by atoms with Gasteiger partial charge >= 0.3 is 0 Å². The summed E-state index contributed by atoms with van der Waals surface area (Å²) in [6.45, 7) is 0.471. The molecular formula is C24H22ClF2N5O. The summed E-state index contributed by atoms with van der Waals surface area (Å²) in [4.78, 5) is 10.2. The maximum absolute atomic E-state index is 14.6. The Bertz CT molecular complexity index is 1200. The average molecular weight is 470 g/mol. The number of rotatable bonds is 8. The van der Waals surface area contributed by atoms with E-state index in [9.17, 15) is 13.9 Å². The van der Waals surface area contributed by atoms with Gasteiger partial charge in [0.25, 0.3) is 0 Å². The SMILES string of the molecule is CN(Cc1ccc(-c2ccc(Cl)cc2)nc1)CC(O)(Cn1cncn1)c1ccc(F)cc1F. The maximum Gasteiger partial charge on any atom is 0.137 e. The van der Waals surface area contributed by atoms with Crippen LogP contribution in [-0.4, -0.2) is 43.3 Å². The zero-order valence-corrected chi connectivity index (χ0v) is 18.6. The van der Waals surface area contributed by atoms with Crippen LogP contribution in [0.4, 0.5) is 8.78 Å². The molecule has 2 heterocycles. The van der Waals surface area contributed by atoms with E-state index in [2.05, 4.69) is 15.1 Å². The Kier molecular flexibility index (Phi) is 6.78. The number of pyridine rings is 1. The Morgan fingerprint density at radius 3 is 2.52 bits per heavy atom. The van der Waals surface area contributed by atoms with Crippen LogP contribution in [0.1, 0.15) is 11.1 Å². The molecule has 6 nitrogen and oxygen atoms in total. The summed E-state index contributed by atoms with van der Waals surface area (Å²) in [6.07, 6.45) is 4.53. The van der Waals surface area contributed by atoms with Gasteiger partial charge in [0, 0.05) is 41.5 Å². The third-order valence-electron chi connectivity index (χ3n) is 5.27. The highest BCUT2D eigenvalue weighted by Gasteiger charge is 2.34. The molecule has 33 heavy (non-hydrogen) atoms. The number of halogens is 3. The van der Waals surface area contributed by atoms with Gasteiger partial charge in [-0.3, -0.25) is 9.88 Å². The van der Waals surface area contributed by atoms with Crippen molar-refractivity contribution in [2.24, 2.45) is 0 Å². The van der Waals surface area contributed by atoms with Crippen LogP contribution in [0.25, 0.3) is 11.3 Å². The van der Waals surface area contributed by atoms with Crippen molar-refractivity contribution in [1.29, 1.82) is 0 Å². The summed E-state index contributed by atoms with van der Waals surface area (Å²) < 4.78 is 29.5. The fourth-order valence-corrected chi connectivity index (χ4v) is 3.92. The van der Waals surface area contributed by atoms with Crippen molar-refractivity contribution >= 4 is 11.6 Å². The Hall–Kier alpha value is -3.20.